The lowest BCUT2D eigenvalue weighted by Crippen LogP contribution is -2.15. The van der Waals surface area contributed by atoms with Gasteiger partial charge in [0.1, 0.15) is 23.3 Å². The highest BCUT2D eigenvalue weighted by Gasteiger charge is 2.36. The molecular formula is C118H77N19. The minimum Gasteiger partial charge on any atom is -0.292 e. The first-order valence-corrected chi connectivity index (χ1v) is 45.3. The summed E-state index contributed by atoms with van der Waals surface area (Å²) in [4.78, 5) is 69.6. The van der Waals surface area contributed by atoms with Crippen LogP contribution in [0.2, 0.25) is 0 Å². The number of pyridine rings is 11. The first kappa shape index (κ1) is 80.3. The second kappa shape index (κ2) is 33.6. The molecule has 0 bridgehead atoms. The Kier molecular flexibility index (Phi) is 19.7. The van der Waals surface area contributed by atoms with Gasteiger partial charge in [-0.2, -0.15) is 0 Å². The molecule has 27 aromatic rings. The van der Waals surface area contributed by atoms with Crippen LogP contribution >= 0.6 is 0 Å². The van der Waals surface area contributed by atoms with Gasteiger partial charge in [-0.05, 0) is 144 Å². The molecule has 0 N–H and O–H groups in total. The SMILES string of the molecule is CC1(C)c2ccccc2-c2ccc(-n3c(-c4ccccc4)nc4c5ccncc5c5cnccc5c43)cc21.c1ccc(-c2nc3c4ccncc4c4cnccc4c3n2-c2ccc(-c3ccccn3)cc2)cc1.c1ccc(-c2nc3c4ccncc4c4cnccc4c3n2-c2cccc(-c3ccccn3)c2)cc1.c1ccc(-c2nc3c4ccncc4c4cnccc4c3n2-c2cccnc2)cc1. The Labute approximate surface area is 783 Å². The lowest BCUT2D eigenvalue weighted by Gasteiger charge is -2.22. The Hall–Kier alpha value is -18.8. The molecule has 15 heterocycles. The van der Waals surface area contributed by atoms with Crippen LogP contribution in [0, 0.1) is 0 Å². The molecule has 0 radical (unpaired) electrons. The second-order valence-corrected chi connectivity index (χ2v) is 34.3. The van der Waals surface area contributed by atoms with Gasteiger partial charge in [-0.1, -0.05) is 202 Å². The van der Waals surface area contributed by atoms with Crippen LogP contribution in [0.5, 0.6) is 0 Å². The average molecular weight is 1760 g/mol. The molecule has 0 spiro atoms. The Morgan fingerprint density at radius 3 is 0.876 bits per heavy atom. The van der Waals surface area contributed by atoms with Crippen LogP contribution in [0.25, 0.3) is 232 Å². The van der Waals surface area contributed by atoms with Crippen molar-refractivity contribution < 1.29 is 0 Å². The lowest BCUT2D eigenvalue weighted by molar-refractivity contribution is 0.660. The Bertz CT molecular complexity index is 9370. The van der Waals surface area contributed by atoms with E-state index in [0.717, 1.165) is 221 Å². The number of fused-ring (bicyclic) bond motifs is 27. The van der Waals surface area contributed by atoms with E-state index >= 15 is 0 Å². The van der Waals surface area contributed by atoms with Gasteiger partial charge in [0.2, 0.25) is 0 Å². The van der Waals surface area contributed by atoms with Crippen LogP contribution < -0.4 is 0 Å². The topological polar surface area (TPSA) is 213 Å². The molecule has 28 rings (SSSR count). The number of rotatable bonds is 10. The maximum absolute atomic E-state index is 5.32. The average Bonchev–Trinajstić information content (AvgIpc) is 1.63. The van der Waals surface area contributed by atoms with Crippen LogP contribution in [-0.4, -0.2) is 93.0 Å². The van der Waals surface area contributed by atoms with E-state index in [-0.39, 0.29) is 5.41 Å². The summed E-state index contributed by atoms with van der Waals surface area (Å²) in [5.74, 6) is 3.60. The quantitative estimate of drug-likeness (QED) is 0.116. The van der Waals surface area contributed by atoms with Crippen molar-refractivity contribution >= 4 is 130 Å². The normalized spacial score (nSPS) is 12.1. The first-order valence-electron chi connectivity index (χ1n) is 45.3. The highest BCUT2D eigenvalue weighted by molar-refractivity contribution is 6.27. The summed E-state index contributed by atoms with van der Waals surface area (Å²) in [7, 11) is 0. The summed E-state index contributed by atoms with van der Waals surface area (Å²) >= 11 is 0. The van der Waals surface area contributed by atoms with E-state index in [2.05, 4.69) is 269 Å². The van der Waals surface area contributed by atoms with E-state index in [1.54, 1.807) is 6.20 Å². The fraction of sp³-hybridized carbons (Fsp3) is 0.0254. The van der Waals surface area contributed by atoms with Crippen molar-refractivity contribution in [2.75, 3.05) is 0 Å². The smallest absolute Gasteiger partial charge is 0.145 e. The van der Waals surface area contributed by atoms with Crippen molar-refractivity contribution in [1.29, 1.82) is 0 Å². The molecule has 0 fully saturated rings. The summed E-state index contributed by atoms with van der Waals surface area (Å²) in [6.45, 7) is 4.65. The third kappa shape index (κ3) is 13.7. The van der Waals surface area contributed by atoms with Gasteiger partial charge in [0.15, 0.2) is 0 Å². The maximum atomic E-state index is 5.32. The molecule has 19 nitrogen and oxygen atoms in total. The van der Waals surface area contributed by atoms with Gasteiger partial charge in [0.25, 0.3) is 0 Å². The molecule has 0 amide bonds. The zero-order valence-corrected chi connectivity index (χ0v) is 74.0. The van der Waals surface area contributed by atoms with E-state index in [0.29, 0.717) is 0 Å². The van der Waals surface area contributed by atoms with Crippen LogP contribution in [0.15, 0.2) is 433 Å². The number of hydrogen-bond donors (Lipinski definition) is 0. The molecule has 0 aliphatic heterocycles. The fourth-order valence-corrected chi connectivity index (χ4v) is 20.0. The zero-order chi connectivity index (χ0) is 91.0. The second-order valence-electron chi connectivity index (χ2n) is 34.3. The Balaban J connectivity index is 0.0000000974. The summed E-state index contributed by atoms with van der Waals surface area (Å²) < 4.78 is 9.06. The van der Waals surface area contributed by atoms with E-state index in [4.69, 9.17) is 19.9 Å². The number of aromatic nitrogens is 19. The van der Waals surface area contributed by atoms with Gasteiger partial charge in [-0.15, -0.1) is 0 Å². The molecule has 1 aliphatic carbocycles. The third-order valence-corrected chi connectivity index (χ3v) is 26.3. The minimum absolute atomic E-state index is 0.0877. The summed E-state index contributed by atoms with van der Waals surface area (Å²) in [6.07, 6.45) is 37.3. The van der Waals surface area contributed by atoms with E-state index in [9.17, 15) is 0 Å². The molecule has 0 saturated heterocycles. The fourth-order valence-electron chi connectivity index (χ4n) is 20.0. The molecule has 0 atom stereocenters. The van der Waals surface area contributed by atoms with Crippen molar-refractivity contribution in [2.24, 2.45) is 0 Å². The van der Waals surface area contributed by atoms with Crippen LogP contribution in [0.4, 0.5) is 0 Å². The van der Waals surface area contributed by atoms with Gasteiger partial charge in [-0.3, -0.25) is 73.1 Å². The highest BCUT2D eigenvalue weighted by Crippen LogP contribution is 2.51. The van der Waals surface area contributed by atoms with E-state index in [1.165, 1.54) is 22.3 Å². The molecule has 0 saturated carbocycles. The largest absolute Gasteiger partial charge is 0.292 e. The van der Waals surface area contributed by atoms with Crippen molar-refractivity contribution in [3.8, 4) is 102 Å². The number of hydrogen-bond acceptors (Lipinski definition) is 15. The summed E-state index contributed by atoms with van der Waals surface area (Å²) in [5.41, 5.74) is 25.8. The van der Waals surface area contributed by atoms with Crippen molar-refractivity contribution in [3.63, 3.8) is 0 Å². The molecule has 0 unspecified atom stereocenters. The highest BCUT2D eigenvalue weighted by atomic mass is 15.1. The first-order chi connectivity index (χ1) is 67.8. The van der Waals surface area contributed by atoms with Crippen LogP contribution in [0.3, 0.4) is 0 Å². The van der Waals surface area contributed by atoms with Gasteiger partial charge < -0.3 is 0 Å². The maximum Gasteiger partial charge on any atom is 0.145 e. The molecule has 12 aromatic carbocycles. The van der Waals surface area contributed by atoms with E-state index in [1.807, 2.05) is 245 Å². The standard InChI is InChI=1S/C34H24N4.2C30H19N5.C24H15N5/c1-34(2)29-11-7-6-10-23(29)24-13-12-22(18-30(24)34)38-32-26-15-17-36-20-28(26)27-19-35-16-14-25(27)31(32)37-33(38)21-8-4-3-5-9-21;1-2-7-20(8-3-1)30-34-28-23-12-15-31-18-25(23)26-19-32-16-13-24(26)29(28)35(30)22-10-6-9-21(17-22)27-11-4-5-14-33-27;1-2-6-21(7-3-1)30-34-28-23-13-16-31-18-25(23)26-19-32-17-14-24(26)29(28)35(30)22-11-9-20(10-12-22)27-8-4-5-15-33-27;1-2-5-16(6-3-1)24-28-22-18-8-11-26-14-20(18)21-15-27-12-9-19(21)23(22)29(24)17-7-4-10-25-13-17/h3-20H,1-2H3;2*1-19H;1-15H. The molecule has 15 aromatic heterocycles. The zero-order valence-electron chi connectivity index (χ0n) is 74.0. The number of nitrogens with zero attached hydrogens (tertiary/aromatic N) is 19. The molecule has 19 heteroatoms. The summed E-state index contributed by atoms with van der Waals surface area (Å²) in [5, 5.41) is 17.2. The molecule has 644 valence electrons. The molecule has 137 heavy (non-hydrogen) atoms. The van der Waals surface area contributed by atoms with Gasteiger partial charge in [0, 0.05) is 260 Å². The predicted molar refractivity (Wildman–Crippen MR) is 550 cm³/mol. The minimum atomic E-state index is -0.0877. The van der Waals surface area contributed by atoms with Crippen LogP contribution in [0.1, 0.15) is 25.0 Å². The monoisotopic (exact) mass is 1760 g/mol. The van der Waals surface area contributed by atoms with Gasteiger partial charge >= 0.3 is 0 Å². The van der Waals surface area contributed by atoms with Crippen LogP contribution in [-0.2, 0) is 5.41 Å². The number of imidazole rings is 4. The van der Waals surface area contributed by atoms with Crippen molar-refractivity contribution in [3.05, 3.63) is 444 Å². The Morgan fingerprint density at radius 2 is 0.496 bits per heavy atom. The van der Waals surface area contributed by atoms with Gasteiger partial charge in [0.05, 0.1) is 67.4 Å². The lowest BCUT2D eigenvalue weighted by atomic mass is 9.82. The van der Waals surface area contributed by atoms with Gasteiger partial charge in [-0.25, -0.2) is 19.9 Å². The van der Waals surface area contributed by atoms with E-state index < -0.39 is 0 Å². The number of benzene rings is 12. The van der Waals surface area contributed by atoms with Crippen molar-refractivity contribution in [2.45, 2.75) is 19.3 Å². The predicted octanol–water partition coefficient (Wildman–Crippen LogP) is 27.0. The molecule has 1 aliphatic rings. The summed E-state index contributed by atoms with van der Waals surface area (Å²) in [6, 6.07) is 106. The molecular weight excluding hydrogens is 1680 g/mol. The third-order valence-electron chi connectivity index (χ3n) is 26.3. The Morgan fingerprint density at radius 1 is 0.190 bits per heavy atom. The van der Waals surface area contributed by atoms with Crippen molar-refractivity contribution in [1.82, 2.24) is 93.0 Å².